The first kappa shape index (κ1) is 23.7. The number of morpholine rings is 1. The van der Waals surface area contributed by atoms with Crippen molar-refractivity contribution >= 4 is 17.3 Å². The van der Waals surface area contributed by atoms with Gasteiger partial charge in [0.05, 0.1) is 31.7 Å². The first-order chi connectivity index (χ1) is 16.6. The molecule has 0 bridgehead atoms. The lowest BCUT2D eigenvalue weighted by atomic mass is 10.0. The highest BCUT2D eigenvalue weighted by Gasteiger charge is 2.20. The minimum atomic E-state index is -0.203. The topological polar surface area (TPSA) is 126 Å². The van der Waals surface area contributed by atoms with E-state index in [4.69, 9.17) is 10.5 Å². The largest absolute Gasteiger partial charge is 0.395 e. The van der Waals surface area contributed by atoms with E-state index >= 15 is 0 Å². The first-order valence-corrected chi connectivity index (χ1v) is 11.4. The Kier molecular flexibility index (Phi) is 7.79. The summed E-state index contributed by atoms with van der Waals surface area (Å²) in [6.07, 6.45) is 5.88. The lowest BCUT2D eigenvalue weighted by molar-refractivity contribution is 0.0988. The second-order valence-corrected chi connectivity index (χ2v) is 8.26. The van der Waals surface area contributed by atoms with Gasteiger partial charge in [-0.2, -0.15) is 0 Å². The van der Waals surface area contributed by atoms with Crippen molar-refractivity contribution in [2.24, 2.45) is 0 Å². The number of ketones is 1. The van der Waals surface area contributed by atoms with E-state index < -0.39 is 0 Å². The van der Waals surface area contributed by atoms with Gasteiger partial charge in [-0.1, -0.05) is 24.3 Å². The fourth-order valence-corrected chi connectivity index (χ4v) is 4.02. The van der Waals surface area contributed by atoms with Crippen LogP contribution in [0.3, 0.4) is 0 Å². The van der Waals surface area contributed by atoms with Crippen molar-refractivity contribution in [2.45, 2.75) is 18.9 Å². The van der Waals surface area contributed by atoms with Crippen LogP contribution in [0.2, 0.25) is 0 Å². The number of carbonyl (C=O) groups is 1. The molecule has 1 aromatic carbocycles. The molecule has 0 saturated carbocycles. The van der Waals surface area contributed by atoms with E-state index in [1.165, 1.54) is 0 Å². The number of aliphatic hydroxyl groups excluding tert-OH is 1. The second kappa shape index (κ2) is 11.1. The van der Waals surface area contributed by atoms with Crippen molar-refractivity contribution in [2.75, 3.05) is 50.6 Å². The molecule has 1 atom stereocenters. The van der Waals surface area contributed by atoms with Crippen molar-refractivity contribution in [1.82, 2.24) is 20.3 Å². The molecule has 3 aromatic rings. The zero-order chi connectivity index (χ0) is 23.9. The Morgan fingerprint density at radius 3 is 2.68 bits per heavy atom. The van der Waals surface area contributed by atoms with Crippen LogP contribution in [0.4, 0.5) is 11.5 Å². The molecule has 0 amide bonds. The standard InChI is InChI=1S/C25H30N6O3/c1-27-20(16-32)12-17-2-4-18(5-3-17)21-15-29-25(26)24(30-21)23(33)13-19-14-28-7-6-22(19)31-8-10-34-11-9-31/h2-7,14-15,20,27,32H,8-13,16H2,1H3,(H2,26,29)/t20-/m1/s1. The van der Waals surface area contributed by atoms with Crippen molar-refractivity contribution in [3.8, 4) is 11.3 Å². The highest BCUT2D eigenvalue weighted by Crippen LogP contribution is 2.24. The fourth-order valence-electron chi connectivity index (χ4n) is 4.02. The molecule has 178 valence electrons. The van der Waals surface area contributed by atoms with Gasteiger partial charge in [-0.3, -0.25) is 9.78 Å². The molecular weight excluding hydrogens is 432 g/mol. The van der Waals surface area contributed by atoms with Crippen LogP contribution in [0.15, 0.2) is 48.9 Å². The van der Waals surface area contributed by atoms with E-state index in [9.17, 15) is 9.90 Å². The molecular formula is C25H30N6O3. The summed E-state index contributed by atoms with van der Waals surface area (Å²) < 4.78 is 5.45. The van der Waals surface area contributed by atoms with Gasteiger partial charge < -0.3 is 25.8 Å². The van der Waals surface area contributed by atoms with Crippen molar-refractivity contribution in [1.29, 1.82) is 0 Å². The van der Waals surface area contributed by atoms with Crippen molar-refractivity contribution in [3.63, 3.8) is 0 Å². The van der Waals surface area contributed by atoms with Crippen LogP contribution < -0.4 is 16.0 Å². The lowest BCUT2D eigenvalue weighted by Gasteiger charge is -2.30. The van der Waals surface area contributed by atoms with Crippen LogP contribution in [0.1, 0.15) is 21.6 Å². The predicted octanol–water partition coefficient (Wildman–Crippen LogP) is 1.51. The van der Waals surface area contributed by atoms with Gasteiger partial charge in [-0.25, -0.2) is 9.97 Å². The Morgan fingerprint density at radius 1 is 1.21 bits per heavy atom. The summed E-state index contributed by atoms with van der Waals surface area (Å²) in [6, 6.07) is 9.77. The fraction of sp³-hybridized carbons (Fsp3) is 0.360. The number of aromatic nitrogens is 3. The smallest absolute Gasteiger partial charge is 0.189 e. The Balaban J connectivity index is 1.53. The van der Waals surface area contributed by atoms with Crippen LogP contribution in [-0.2, 0) is 17.6 Å². The van der Waals surface area contributed by atoms with Crippen LogP contribution in [0.5, 0.6) is 0 Å². The molecule has 2 aromatic heterocycles. The minimum Gasteiger partial charge on any atom is -0.395 e. The summed E-state index contributed by atoms with van der Waals surface area (Å²) in [5.74, 6) is -0.0900. The third-order valence-electron chi connectivity index (χ3n) is 6.01. The first-order valence-electron chi connectivity index (χ1n) is 11.4. The molecule has 0 radical (unpaired) electrons. The number of ether oxygens (including phenoxy) is 1. The Bertz CT molecular complexity index is 1110. The number of nitrogens with two attached hydrogens (primary N) is 1. The van der Waals surface area contributed by atoms with E-state index in [0.29, 0.717) is 25.3 Å². The number of nitrogens with zero attached hydrogens (tertiary/aromatic N) is 4. The highest BCUT2D eigenvalue weighted by atomic mass is 16.5. The molecule has 9 nitrogen and oxygen atoms in total. The molecule has 4 N–H and O–H groups in total. The van der Waals surface area contributed by atoms with Gasteiger partial charge in [0.25, 0.3) is 0 Å². The second-order valence-electron chi connectivity index (χ2n) is 8.26. The van der Waals surface area contributed by atoms with E-state index in [2.05, 4.69) is 25.2 Å². The summed E-state index contributed by atoms with van der Waals surface area (Å²) >= 11 is 0. The minimum absolute atomic E-state index is 0.00113. The molecule has 1 aliphatic heterocycles. The van der Waals surface area contributed by atoms with Gasteiger partial charge in [0.15, 0.2) is 11.6 Å². The van der Waals surface area contributed by atoms with Crippen molar-refractivity contribution < 1.29 is 14.6 Å². The Labute approximate surface area is 199 Å². The van der Waals surface area contributed by atoms with E-state index in [1.807, 2.05) is 37.4 Å². The van der Waals surface area contributed by atoms with Crippen LogP contribution in [-0.4, -0.2) is 71.8 Å². The van der Waals surface area contributed by atoms with E-state index in [-0.39, 0.29) is 36.4 Å². The highest BCUT2D eigenvalue weighted by molar-refractivity contribution is 6.00. The number of hydrogen-bond donors (Lipinski definition) is 3. The number of anilines is 2. The Morgan fingerprint density at radius 2 is 1.97 bits per heavy atom. The van der Waals surface area contributed by atoms with Gasteiger partial charge in [-0.15, -0.1) is 0 Å². The molecule has 34 heavy (non-hydrogen) atoms. The number of carbonyl (C=O) groups excluding carboxylic acids is 1. The number of aliphatic hydroxyl groups is 1. The van der Waals surface area contributed by atoms with Gasteiger partial charge in [-0.05, 0) is 25.1 Å². The molecule has 1 saturated heterocycles. The third kappa shape index (κ3) is 5.56. The molecule has 4 rings (SSSR count). The zero-order valence-electron chi connectivity index (χ0n) is 19.3. The normalized spacial score (nSPS) is 14.7. The molecule has 1 aliphatic rings. The number of pyridine rings is 1. The lowest BCUT2D eigenvalue weighted by Crippen LogP contribution is -2.37. The molecule has 0 spiro atoms. The Hall–Kier alpha value is -3.40. The summed E-state index contributed by atoms with van der Waals surface area (Å²) in [4.78, 5) is 28.4. The van der Waals surface area contributed by atoms with Crippen LogP contribution in [0.25, 0.3) is 11.3 Å². The van der Waals surface area contributed by atoms with E-state index in [0.717, 1.165) is 35.5 Å². The summed E-state index contributed by atoms with van der Waals surface area (Å²) in [6.45, 7) is 2.92. The molecule has 0 aliphatic carbocycles. The predicted molar refractivity (Wildman–Crippen MR) is 131 cm³/mol. The van der Waals surface area contributed by atoms with Crippen molar-refractivity contribution in [3.05, 3.63) is 65.7 Å². The van der Waals surface area contributed by atoms with Gasteiger partial charge in [0.2, 0.25) is 0 Å². The molecule has 0 unspecified atom stereocenters. The van der Waals surface area contributed by atoms with Gasteiger partial charge in [0.1, 0.15) is 5.69 Å². The third-order valence-corrected chi connectivity index (χ3v) is 6.01. The maximum absolute atomic E-state index is 13.2. The van der Waals surface area contributed by atoms with Crippen LogP contribution >= 0.6 is 0 Å². The number of nitrogen functional groups attached to an aromatic ring is 1. The average Bonchev–Trinajstić information content (AvgIpc) is 2.89. The van der Waals surface area contributed by atoms with Crippen LogP contribution in [0, 0.1) is 0 Å². The number of benzene rings is 1. The molecule has 1 fully saturated rings. The summed E-state index contributed by atoms with van der Waals surface area (Å²) in [5, 5.41) is 12.5. The number of nitrogens with one attached hydrogen (secondary N) is 1. The number of rotatable bonds is 9. The number of likely N-dealkylation sites (N-methyl/N-ethyl adjacent to an activating group) is 1. The molecule has 3 heterocycles. The van der Waals surface area contributed by atoms with Gasteiger partial charge in [0, 0.05) is 54.8 Å². The monoisotopic (exact) mass is 462 g/mol. The summed E-state index contributed by atoms with van der Waals surface area (Å²) in [7, 11) is 1.83. The maximum Gasteiger partial charge on any atom is 0.189 e. The van der Waals surface area contributed by atoms with E-state index in [1.54, 1.807) is 18.6 Å². The number of hydrogen-bond acceptors (Lipinski definition) is 9. The average molecular weight is 463 g/mol. The number of Topliss-reactive ketones (excluding diaryl/α,β-unsaturated/α-hetero) is 1. The summed E-state index contributed by atoms with van der Waals surface area (Å²) in [5.41, 5.74) is 10.5. The van der Waals surface area contributed by atoms with Gasteiger partial charge >= 0.3 is 0 Å². The molecule has 9 heteroatoms. The quantitative estimate of drug-likeness (QED) is 0.406. The maximum atomic E-state index is 13.2. The SMILES string of the molecule is CN[C@@H](CO)Cc1ccc(-c2cnc(N)c(C(=O)Cc3cnccc3N3CCOCC3)n2)cc1. The zero-order valence-corrected chi connectivity index (χ0v) is 19.3.